The number of amides is 2. The van der Waals surface area contributed by atoms with Crippen molar-refractivity contribution in [3.63, 3.8) is 0 Å². The third kappa shape index (κ3) is 4.62. The van der Waals surface area contributed by atoms with E-state index in [1.165, 1.54) is 5.56 Å². The van der Waals surface area contributed by atoms with Crippen LogP contribution in [0.25, 0.3) is 0 Å². The fraction of sp³-hybridized carbons (Fsp3) is 0.400. The second kappa shape index (κ2) is 7.54. The number of hydrogen-bond acceptors (Lipinski definition) is 1. The fourth-order valence-electron chi connectivity index (χ4n) is 1.62. The minimum Gasteiger partial charge on any atom is -0.331 e. The highest BCUT2D eigenvalue weighted by Crippen LogP contribution is 2.13. The lowest BCUT2D eigenvalue weighted by Gasteiger charge is -2.14. The zero-order chi connectivity index (χ0) is 13.4. The molecule has 98 valence electrons. The minimum absolute atomic E-state index is 0.00549. The second-order valence-corrected chi connectivity index (χ2v) is 4.25. The van der Waals surface area contributed by atoms with E-state index in [4.69, 9.17) is 0 Å². The Hall–Kier alpha value is -1.77. The van der Waals surface area contributed by atoms with Crippen molar-refractivity contribution in [2.45, 2.75) is 39.7 Å². The molecule has 0 aromatic heterocycles. The smallest absolute Gasteiger partial charge is 0.319 e. The van der Waals surface area contributed by atoms with Gasteiger partial charge in [0, 0.05) is 6.20 Å². The number of nitrogens with one attached hydrogen (secondary N) is 2. The van der Waals surface area contributed by atoms with Crippen LogP contribution in [0.1, 0.15) is 44.4 Å². The summed E-state index contributed by atoms with van der Waals surface area (Å²) < 4.78 is 0. The van der Waals surface area contributed by atoms with Gasteiger partial charge in [-0.25, -0.2) is 4.79 Å². The molecule has 1 rings (SSSR count). The molecule has 1 unspecified atom stereocenters. The maximum Gasteiger partial charge on any atom is 0.319 e. The van der Waals surface area contributed by atoms with Crippen LogP contribution in [0.15, 0.2) is 36.5 Å². The molecule has 2 N–H and O–H groups in total. The van der Waals surface area contributed by atoms with E-state index in [-0.39, 0.29) is 12.1 Å². The normalized spacial score (nSPS) is 12.4. The van der Waals surface area contributed by atoms with Gasteiger partial charge in [-0.2, -0.15) is 0 Å². The quantitative estimate of drug-likeness (QED) is 0.819. The SMILES string of the molecule is CC/C=C/NC(=O)NC(C)c1ccc(CC)cc1. The van der Waals surface area contributed by atoms with Crippen LogP contribution >= 0.6 is 0 Å². The van der Waals surface area contributed by atoms with E-state index in [1.807, 2.05) is 19.9 Å². The highest BCUT2D eigenvalue weighted by molar-refractivity contribution is 5.75. The molecular formula is C15H22N2O. The van der Waals surface area contributed by atoms with Crippen molar-refractivity contribution in [1.82, 2.24) is 10.6 Å². The summed E-state index contributed by atoms with van der Waals surface area (Å²) in [7, 11) is 0. The average molecular weight is 246 g/mol. The lowest BCUT2D eigenvalue weighted by Crippen LogP contribution is -2.34. The van der Waals surface area contributed by atoms with E-state index >= 15 is 0 Å². The van der Waals surface area contributed by atoms with Gasteiger partial charge in [0.05, 0.1) is 6.04 Å². The first-order valence-corrected chi connectivity index (χ1v) is 6.48. The first-order valence-electron chi connectivity index (χ1n) is 6.48. The van der Waals surface area contributed by atoms with Crippen LogP contribution < -0.4 is 10.6 Å². The van der Waals surface area contributed by atoms with Crippen molar-refractivity contribution in [1.29, 1.82) is 0 Å². The molecule has 0 aliphatic carbocycles. The molecule has 3 heteroatoms. The number of carbonyl (C=O) groups excluding carboxylic acids is 1. The third-order valence-corrected chi connectivity index (χ3v) is 2.80. The van der Waals surface area contributed by atoms with E-state index in [0.717, 1.165) is 18.4 Å². The number of allylic oxidation sites excluding steroid dienone is 1. The molecule has 1 atom stereocenters. The van der Waals surface area contributed by atoms with E-state index in [1.54, 1.807) is 6.20 Å². The predicted molar refractivity (Wildman–Crippen MR) is 75.3 cm³/mol. The van der Waals surface area contributed by atoms with E-state index in [2.05, 4.69) is 41.8 Å². The second-order valence-electron chi connectivity index (χ2n) is 4.25. The van der Waals surface area contributed by atoms with Crippen molar-refractivity contribution in [3.8, 4) is 0 Å². The van der Waals surface area contributed by atoms with Crippen molar-refractivity contribution < 1.29 is 4.79 Å². The molecule has 0 aliphatic rings. The first kappa shape index (κ1) is 14.3. The number of benzene rings is 1. The van der Waals surface area contributed by atoms with Crippen molar-refractivity contribution >= 4 is 6.03 Å². The van der Waals surface area contributed by atoms with Gasteiger partial charge in [-0.1, -0.05) is 44.2 Å². The van der Waals surface area contributed by atoms with Crippen LogP contribution in [0, 0.1) is 0 Å². The summed E-state index contributed by atoms with van der Waals surface area (Å²) in [4.78, 5) is 11.6. The molecule has 0 fully saturated rings. The molecule has 0 saturated heterocycles. The van der Waals surface area contributed by atoms with Gasteiger partial charge in [0.2, 0.25) is 0 Å². The van der Waals surface area contributed by atoms with Crippen LogP contribution in [0.3, 0.4) is 0 Å². The summed E-state index contributed by atoms with van der Waals surface area (Å²) in [6, 6.07) is 8.15. The van der Waals surface area contributed by atoms with Gasteiger partial charge in [0.25, 0.3) is 0 Å². The lowest BCUT2D eigenvalue weighted by atomic mass is 10.1. The Morgan fingerprint density at radius 3 is 2.50 bits per heavy atom. The summed E-state index contributed by atoms with van der Waals surface area (Å²) in [6.45, 7) is 6.13. The third-order valence-electron chi connectivity index (χ3n) is 2.80. The molecule has 1 aromatic carbocycles. The number of urea groups is 1. The van der Waals surface area contributed by atoms with E-state index < -0.39 is 0 Å². The molecule has 0 aliphatic heterocycles. The van der Waals surface area contributed by atoms with Gasteiger partial charge >= 0.3 is 6.03 Å². The summed E-state index contributed by atoms with van der Waals surface area (Å²) >= 11 is 0. The van der Waals surface area contributed by atoms with Crippen LogP contribution in [0.5, 0.6) is 0 Å². The Bertz CT molecular complexity index is 395. The predicted octanol–water partition coefficient (Wildman–Crippen LogP) is 3.53. The topological polar surface area (TPSA) is 41.1 Å². The molecular weight excluding hydrogens is 224 g/mol. The van der Waals surface area contributed by atoms with Gasteiger partial charge in [0.15, 0.2) is 0 Å². The van der Waals surface area contributed by atoms with Crippen LogP contribution in [-0.2, 0) is 6.42 Å². The molecule has 0 bridgehead atoms. The Morgan fingerprint density at radius 2 is 1.94 bits per heavy atom. The highest BCUT2D eigenvalue weighted by atomic mass is 16.2. The molecule has 2 amide bonds. The fourth-order valence-corrected chi connectivity index (χ4v) is 1.62. The highest BCUT2D eigenvalue weighted by Gasteiger charge is 2.07. The Balaban J connectivity index is 2.50. The monoisotopic (exact) mass is 246 g/mol. The number of aryl methyl sites for hydroxylation is 1. The van der Waals surface area contributed by atoms with Crippen LogP contribution in [0.4, 0.5) is 4.79 Å². The molecule has 18 heavy (non-hydrogen) atoms. The maximum atomic E-state index is 11.6. The van der Waals surface area contributed by atoms with Crippen LogP contribution in [-0.4, -0.2) is 6.03 Å². The van der Waals surface area contributed by atoms with E-state index in [0.29, 0.717) is 0 Å². The molecule has 0 radical (unpaired) electrons. The molecule has 0 heterocycles. The van der Waals surface area contributed by atoms with E-state index in [9.17, 15) is 4.79 Å². The van der Waals surface area contributed by atoms with Crippen molar-refractivity contribution in [2.75, 3.05) is 0 Å². The maximum absolute atomic E-state index is 11.6. The van der Waals surface area contributed by atoms with Crippen molar-refractivity contribution in [2.24, 2.45) is 0 Å². The van der Waals surface area contributed by atoms with Gasteiger partial charge in [-0.05, 0) is 30.9 Å². The standard InChI is InChI=1S/C15H22N2O/c1-4-6-11-16-15(18)17-12(3)14-9-7-13(5-2)8-10-14/h6-12H,4-5H2,1-3H3,(H2,16,17,18)/b11-6+. The Labute approximate surface area is 109 Å². The number of carbonyl (C=O) groups is 1. The first-order chi connectivity index (χ1) is 8.67. The number of hydrogen-bond donors (Lipinski definition) is 2. The average Bonchev–Trinajstić information content (AvgIpc) is 2.39. The summed E-state index contributed by atoms with van der Waals surface area (Å²) in [6.07, 6.45) is 5.52. The largest absolute Gasteiger partial charge is 0.331 e. The zero-order valence-electron chi connectivity index (χ0n) is 11.4. The molecule has 0 spiro atoms. The van der Waals surface area contributed by atoms with Crippen LogP contribution in [0.2, 0.25) is 0 Å². The molecule has 3 nitrogen and oxygen atoms in total. The summed E-state index contributed by atoms with van der Waals surface area (Å²) in [5.74, 6) is 0. The molecule has 1 aromatic rings. The van der Waals surface area contributed by atoms with Gasteiger partial charge < -0.3 is 10.6 Å². The molecule has 0 saturated carbocycles. The van der Waals surface area contributed by atoms with Gasteiger partial charge in [-0.15, -0.1) is 0 Å². The minimum atomic E-state index is -0.174. The Morgan fingerprint density at radius 1 is 1.28 bits per heavy atom. The zero-order valence-corrected chi connectivity index (χ0v) is 11.4. The summed E-state index contributed by atoms with van der Waals surface area (Å²) in [5, 5.41) is 5.57. The van der Waals surface area contributed by atoms with Gasteiger partial charge in [-0.3, -0.25) is 0 Å². The Kier molecular flexibility index (Phi) is 5.98. The summed E-state index contributed by atoms with van der Waals surface area (Å²) in [5.41, 5.74) is 2.42. The lowest BCUT2D eigenvalue weighted by molar-refractivity contribution is 0.241. The number of rotatable bonds is 5. The van der Waals surface area contributed by atoms with Crippen molar-refractivity contribution in [3.05, 3.63) is 47.7 Å². The van der Waals surface area contributed by atoms with Gasteiger partial charge in [0.1, 0.15) is 0 Å².